The monoisotopic (exact) mass is 338 g/mol. The summed E-state index contributed by atoms with van der Waals surface area (Å²) in [5, 5.41) is 0. The summed E-state index contributed by atoms with van der Waals surface area (Å²) in [7, 11) is 1.02. The fraction of sp³-hybridized carbons (Fsp3) is 1.00. The predicted octanol–water partition coefficient (Wildman–Crippen LogP) is 4.51. The molecule has 0 unspecified atom stereocenters. The molecular formula is C17H40NO3S+. The fourth-order valence-electron chi connectivity index (χ4n) is 2.19. The molecule has 0 atom stereocenters. The van der Waals surface area contributed by atoms with Crippen molar-refractivity contribution in [3.05, 3.63) is 0 Å². The van der Waals surface area contributed by atoms with Crippen molar-refractivity contribution >= 4 is 10.1 Å². The van der Waals surface area contributed by atoms with Gasteiger partial charge >= 0.3 is 0 Å². The van der Waals surface area contributed by atoms with Gasteiger partial charge in [0.05, 0.1) is 33.4 Å². The highest BCUT2D eigenvalue weighted by Gasteiger charge is 2.09. The van der Waals surface area contributed by atoms with E-state index in [-0.39, 0.29) is 0 Å². The van der Waals surface area contributed by atoms with E-state index in [0.717, 1.165) is 0 Å². The van der Waals surface area contributed by atoms with Gasteiger partial charge in [-0.3, -0.25) is 4.55 Å². The Balaban J connectivity index is 0. The highest BCUT2D eigenvalue weighted by atomic mass is 32.2. The summed E-state index contributed by atoms with van der Waals surface area (Å²) in [5.41, 5.74) is 0. The first-order valence-corrected chi connectivity index (χ1v) is 10.7. The predicted molar refractivity (Wildman–Crippen MR) is 96.8 cm³/mol. The third-order valence-electron chi connectivity index (χ3n) is 3.97. The van der Waals surface area contributed by atoms with Gasteiger partial charge in [0.1, 0.15) is 0 Å². The molecule has 0 aromatic rings. The molecule has 1 N–H and O–H groups in total. The Bertz CT molecular complexity index is 319. The summed E-state index contributed by atoms with van der Waals surface area (Å²) >= 11 is 0. The van der Waals surface area contributed by atoms with E-state index in [1.165, 1.54) is 81.8 Å². The van der Waals surface area contributed by atoms with Crippen LogP contribution in [0.25, 0.3) is 0 Å². The van der Waals surface area contributed by atoms with E-state index in [0.29, 0.717) is 6.26 Å². The second-order valence-electron chi connectivity index (χ2n) is 6.89. The van der Waals surface area contributed by atoms with Crippen molar-refractivity contribution in [2.45, 2.75) is 78.1 Å². The first kappa shape index (κ1) is 24.1. The molecule has 22 heavy (non-hydrogen) atoms. The Morgan fingerprint density at radius 1 is 0.773 bits per heavy atom. The number of rotatable bonds is 12. The van der Waals surface area contributed by atoms with Crippen LogP contribution in [0.1, 0.15) is 78.1 Å². The van der Waals surface area contributed by atoms with Gasteiger partial charge in [-0.1, -0.05) is 58.3 Å². The van der Waals surface area contributed by atoms with Gasteiger partial charge in [0, 0.05) is 0 Å². The number of hydrogen-bond donors (Lipinski definition) is 1. The number of hydrogen-bond acceptors (Lipinski definition) is 2. The topological polar surface area (TPSA) is 54.4 Å². The van der Waals surface area contributed by atoms with Crippen molar-refractivity contribution in [1.82, 2.24) is 0 Å². The molecular weight excluding hydrogens is 298 g/mol. The van der Waals surface area contributed by atoms with Crippen LogP contribution in [0.2, 0.25) is 0 Å². The summed E-state index contributed by atoms with van der Waals surface area (Å²) in [4.78, 5) is 0. The van der Waals surface area contributed by atoms with Crippen molar-refractivity contribution in [3.63, 3.8) is 0 Å². The maximum Gasteiger partial charge on any atom is 0.261 e. The second-order valence-corrected chi connectivity index (χ2v) is 8.36. The Kier molecular flexibility index (Phi) is 15.9. The lowest BCUT2D eigenvalue weighted by molar-refractivity contribution is -0.888. The molecule has 0 aliphatic carbocycles. The van der Waals surface area contributed by atoms with Crippen LogP contribution in [-0.2, 0) is 10.1 Å². The lowest BCUT2D eigenvalue weighted by Crippen LogP contribution is -2.39. The maximum absolute atomic E-state index is 9.19. The maximum atomic E-state index is 9.19. The SMILES string of the molecule is CCCCCCCCCCCC[N+](C)(C)CC.CS(=O)(=O)O. The van der Waals surface area contributed by atoms with Crippen LogP contribution >= 0.6 is 0 Å². The summed E-state index contributed by atoms with van der Waals surface area (Å²) in [5.74, 6) is 0. The fourth-order valence-corrected chi connectivity index (χ4v) is 2.19. The van der Waals surface area contributed by atoms with Crippen LogP contribution in [0, 0.1) is 0 Å². The van der Waals surface area contributed by atoms with E-state index >= 15 is 0 Å². The lowest BCUT2D eigenvalue weighted by atomic mass is 10.1. The van der Waals surface area contributed by atoms with E-state index in [2.05, 4.69) is 27.9 Å². The molecule has 0 fully saturated rings. The van der Waals surface area contributed by atoms with Crippen molar-refractivity contribution in [3.8, 4) is 0 Å². The normalized spacial score (nSPS) is 11.9. The number of unbranched alkanes of at least 4 members (excludes halogenated alkanes) is 9. The first-order valence-electron chi connectivity index (χ1n) is 8.87. The second kappa shape index (κ2) is 14.5. The minimum atomic E-state index is -3.67. The van der Waals surface area contributed by atoms with E-state index in [1.54, 1.807) is 0 Å². The smallest absolute Gasteiger partial charge is 0.261 e. The molecule has 0 radical (unpaired) electrons. The Morgan fingerprint density at radius 2 is 1.09 bits per heavy atom. The van der Waals surface area contributed by atoms with E-state index in [9.17, 15) is 8.42 Å². The van der Waals surface area contributed by atoms with Crippen LogP contribution in [0.5, 0.6) is 0 Å². The molecule has 0 saturated heterocycles. The molecule has 0 amide bonds. The van der Waals surface area contributed by atoms with E-state index < -0.39 is 10.1 Å². The van der Waals surface area contributed by atoms with Crippen LogP contribution < -0.4 is 0 Å². The minimum absolute atomic E-state index is 0.715. The highest BCUT2D eigenvalue weighted by Crippen LogP contribution is 2.11. The number of nitrogens with zero attached hydrogens (tertiary/aromatic N) is 1. The first-order chi connectivity index (χ1) is 10.1. The van der Waals surface area contributed by atoms with Crippen LogP contribution in [0.4, 0.5) is 0 Å². The van der Waals surface area contributed by atoms with Crippen LogP contribution in [0.3, 0.4) is 0 Å². The zero-order chi connectivity index (χ0) is 17.5. The zero-order valence-corrected chi connectivity index (χ0v) is 16.4. The van der Waals surface area contributed by atoms with Gasteiger partial charge in [-0.2, -0.15) is 8.42 Å². The number of quaternary nitrogens is 1. The average molecular weight is 339 g/mol. The average Bonchev–Trinajstić information content (AvgIpc) is 2.39. The summed E-state index contributed by atoms with van der Waals surface area (Å²) in [6.07, 6.45) is 15.2. The molecule has 0 saturated carbocycles. The third-order valence-corrected chi connectivity index (χ3v) is 3.97. The minimum Gasteiger partial charge on any atom is -0.329 e. The van der Waals surface area contributed by atoms with Crippen LogP contribution in [0.15, 0.2) is 0 Å². The van der Waals surface area contributed by atoms with Gasteiger partial charge in [0.25, 0.3) is 10.1 Å². The van der Waals surface area contributed by atoms with Gasteiger partial charge < -0.3 is 4.48 Å². The summed E-state index contributed by atoms with van der Waals surface area (Å²) < 4.78 is 27.1. The molecule has 0 aliphatic rings. The molecule has 0 spiro atoms. The van der Waals surface area contributed by atoms with Crippen LogP contribution in [-0.4, -0.2) is 50.9 Å². The molecule has 0 heterocycles. The van der Waals surface area contributed by atoms with Crippen molar-refractivity contribution < 1.29 is 17.5 Å². The van der Waals surface area contributed by atoms with Crippen molar-refractivity contribution in [1.29, 1.82) is 0 Å². The Hall–Kier alpha value is -0.130. The van der Waals surface area contributed by atoms with Gasteiger partial charge in [-0.15, -0.1) is 0 Å². The third kappa shape index (κ3) is 28.1. The van der Waals surface area contributed by atoms with Crippen molar-refractivity contribution in [2.24, 2.45) is 0 Å². The highest BCUT2D eigenvalue weighted by molar-refractivity contribution is 7.85. The van der Waals surface area contributed by atoms with Gasteiger partial charge in [-0.25, -0.2) is 0 Å². The molecule has 0 aromatic heterocycles. The summed E-state index contributed by atoms with van der Waals surface area (Å²) in [6.45, 7) is 7.19. The molecule has 0 aliphatic heterocycles. The quantitative estimate of drug-likeness (QED) is 0.324. The van der Waals surface area contributed by atoms with E-state index in [1.807, 2.05) is 0 Å². The molecule has 0 rings (SSSR count). The van der Waals surface area contributed by atoms with Gasteiger partial charge in [0.15, 0.2) is 0 Å². The zero-order valence-electron chi connectivity index (χ0n) is 15.6. The molecule has 136 valence electrons. The largest absolute Gasteiger partial charge is 0.329 e. The Labute approximate surface area is 139 Å². The Morgan fingerprint density at radius 3 is 1.41 bits per heavy atom. The molecule has 4 nitrogen and oxygen atoms in total. The van der Waals surface area contributed by atoms with Crippen molar-refractivity contribution in [2.75, 3.05) is 33.4 Å². The van der Waals surface area contributed by atoms with Gasteiger partial charge in [-0.05, 0) is 19.8 Å². The molecule has 0 bridgehead atoms. The van der Waals surface area contributed by atoms with Gasteiger partial charge in [0.2, 0.25) is 0 Å². The standard InChI is InChI=1S/C16H36N.CH4O3S/c1-5-7-8-9-10-11-12-13-14-15-16-17(3,4)6-2;1-5(2,3)4/h5-16H2,1-4H3;1H3,(H,2,3,4)/q+1;. The van der Waals surface area contributed by atoms with E-state index in [4.69, 9.17) is 4.55 Å². The lowest BCUT2D eigenvalue weighted by Gasteiger charge is -2.28. The molecule has 5 heteroatoms. The summed E-state index contributed by atoms with van der Waals surface area (Å²) in [6, 6.07) is 0. The molecule has 0 aromatic carbocycles.